The third kappa shape index (κ3) is 2.80. The molecule has 0 N–H and O–H groups in total. The van der Waals surface area contributed by atoms with Crippen LogP contribution in [0.25, 0.3) is 0 Å². The average molecular weight is 291 g/mol. The molecule has 1 aliphatic rings. The van der Waals surface area contributed by atoms with E-state index in [1.54, 1.807) is 12.4 Å². The molecule has 0 amide bonds. The Kier molecular flexibility index (Phi) is 3.64. The highest BCUT2D eigenvalue weighted by atomic mass is 35.5. The molecular weight excluding hydrogens is 276 g/mol. The summed E-state index contributed by atoms with van der Waals surface area (Å²) in [5.41, 5.74) is 0.883. The fourth-order valence-electron chi connectivity index (χ4n) is 2.27. The van der Waals surface area contributed by atoms with Crippen molar-refractivity contribution in [2.75, 3.05) is 36.0 Å². The summed E-state index contributed by atoms with van der Waals surface area (Å²) in [6.07, 6.45) is 3.53. The van der Waals surface area contributed by atoms with Gasteiger partial charge in [0, 0.05) is 50.3 Å². The molecule has 0 atom stereocenters. The van der Waals surface area contributed by atoms with Gasteiger partial charge in [-0.05, 0) is 24.6 Å². The van der Waals surface area contributed by atoms with Crippen molar-refractivity contribution in [3.8, 4) is 0 Å². The Balaban J connectivity index is 1.69. The smallest absolute Gasteiger partial charge is 0.225 e. The van der Waals surface area contributed by atoms with E-state index >= 15 is 0 Å². The second kappa shape index (κ2) is 5.58. The molecule has 6 nitrogen and oxygen atoms in total. The number of rotatable bonds is 2. The number of piperazine rings is 1. The molecule has 3 rings (SSSR count). The Labute approximate surface area is 122 Å². The van der Waals surface area contributed by atoms with Crippen LogP contribution in [0.5, 0.6) is 0 Å². The maximum atomic E-state index is 5.91. The van der Waals surface area contributed by atoms with Crippen molar-refractivity contribution in [2.24, 2.45) is 0 Å². The van der Waals surface area contributed by atoms with Crippen LogP contribution in [0.3, 0.4) is 0 Å². The zero-order chi connectivity index (χ0) is 13.9. The molecule has 0 unspecified atom stereocenters. The van der Waals surface area contributed by atoms with Crippen molar-refractivity contribution in [3.63, 3.8) is 0 Å². The van der Waals surface area contributed by atoms with Gasteiger partial charge in [-0.15, -0.1) is 0 Å². The van der Waals surface area contributed by atoms with Crippen molar-refractivity contribution in [2.45, 2.75) is 6.92 Å². The van der Waals surface area contributed by atoms with E-state index in [0.717, 1.165) is 43.6 Å². The van der Waals surface area contributed by atoms with E-state index in [4.69, 9.17) is 11.6 Å². The third-order valence-corrected chi connectivity index (χ3v) is 3.42. The highest BCUT2D eigenvalue weighted by Crippen LogP contribution is 2.18. The molecule has 0 spiro atoms. The van der Waals surface area contributed by atoms with E-state index in [-0.39, 0.29) is 0 Å². The standard InChI is InChI=1S/C13H15ClN6/c1-10-9-11(18-12(14)17-10)19-5-7-20(8-6-19)13-15-3-2-4-16-13/h2-4,9H,5-8H2,1H3. The molecule has 2 aromatic rings. The van der Waals surface area contributed by atoms with Gasteiger partial charge in [-0.2, -0.15) is 0 Å². The SMILES string of the molecule is Cc1cc(N2CCN(c3ncccn3)CC2)nc(Cl)n1. The number of hydrogen-bond donors (Lipinski definition) is 0. The number of nitrogens with zero attached hydrogens (tertiary/aromatic N) is 6. The molecule has 0 aliphatic carbocycles. The van der Waals surface area contributed by atoms with E-state index in [9.17, 15) is 0 Å². The summed E-state index contributed by atoms with van der Waals surface area (Å²) in [6, 6.07) is 3.78. The Bertz CT molecular complexity index is 562. The molecule has 0 aromatic carbocycles. The summed E-state index contributed by atoms with van der Waals surface area (Å²) in [5.74, 6) is 1.67. The van der Waals surface area contributed by atoms with Crippen LogP contribution < -0.4 is 9.80 Å². The van der Waals surface area contributed by atoms with Gasteiger partial charge in [-0.3, -0.25) is 0 Å². The van der Waals surface area contributed by atoms with Gasteiger partial charge in [0.15, 0.2) is 0 Å². The molecule has 104 valence electrons. The minimum absolute atomic E-state index is 0.300. The molecule has 0 radical (unpaired) electrons. The fourth-order valence-corrected chi connectivity index (χ4v) is 2.49. The molecule has 3 heterocycles. The van der Waals surface area contributed by atoms with Gasteiger partial charge in [-0.25, -0.2) is 19.9 Å². The Hall–Kier alpha value is -1.95. The second-order valence-corrected chi connectivity index (χ2v) is 5.00. The van der Waals surface area contributed by atoms with Crippen molar-refractivity contribution >= 4 is 23.4 Å². The first-order chi connectivity index (χ1) is 9.72. The van der Waals surface area contributed by atoms with Crippen LogP contribution in [0.2, 0.25) is 5.28 Å². The van der Waals surface area contributed by atoms with Gasteiger partial charge in [0.1, 0.15) is 5.82 Å². The Morgan fingerprint density at radius 1 is 1.00 bits per heavy atom. The van der Waals surface area contributed by atoms with Crippen molar-refractivity contribution in [3.05, 3.63) is 35.5 Å². The summed E-state index contributed by atoms with van der Waals surface area (Å²) in [6.45, 7) is 5.39. The number of halogens is 1. The molecule has 1 aliphatic heterocycles. The number of hydrogen-bond acceptors (Lipinski definition) is 6. The summed E-state index contributed by atoms with van der Waals surface area (Å²) in [5, 5.41) is 0.300. The first-order valence-electron chi connectivity index (χ1n) is 6.50. The third-order valence-electron chi connectivity index (χ3n) is 3.25. The van der Waals surface area contributed by atoms with Crippen LogP contribution in [0.1, 0.15) is 5.69 Å². The Morgan fingerprint density at radius 2 is 1.65 bits per heavy atom. The highest BCUT2D eigenvalue weighted by Gasteiger charge is 2.20. The molecule has 7 heteroatoms. The lowest BCUT2D eigenvalue weighted by Gasteiger charge is -2.35. The Morgan fingerprint density at radius 3 is 2.30 bits per heavy atom. The summed E-state index contributed by atoms with van der Waals surface area (Å²) in [7, 11) is 0. The van der Waals surface area contributed by atoms with E-state index in [1.807, 2.05) is 19.1 Å². The molecule has 1 saturated heterocycles. The van der Waals surface area contributed by atoms with Crippen LogP contribution in [0.4, 0.5) is 11.8 Å². The largest absolute Gasteiger partial charge is 0.353 e. The van der Waals surface area contributed by atoms with Gasteiger partial charge < -0.3 is 9.80 Å². The summed E-state index contributed by atoms with van der Waals surface area (Å²) in [4.78, 5) is 21.3. The fraction of sp³-hybridized carbons (Fsp3) is 0.385. The van der Waals surface area contributed by atoms with Crippen molar-refractivity contribution in [1.82, 2.24) is 19.9 Å². The molecule has 0 bridgehead atoms. The van der Waals surface area contributed by atoms with Crippen LogP contribution in [0, 0.1) is 6.92 Å². The topological polar surface area (TPSA) is 58.0 Å². The van der Waals surface area contributed by atoms with E-state index in [1.165, 1.54) is 0 Å². The lowest BCUT2D eigenvalue weighted by atomic mass is 10.3. The predicted molar refractivity (Wildman–Crippen MR) is 78.2 cm³/mol. The van der Waals surface area contributed by atoms with Crippen LogP contribution in [0.15, 0.2) is 24.5 Å². The monoisotopic (exact) mass is 290 g/mol. The predicted octanol–water partition coefficient (Wildman–Crippen LogP) is 1.56. The quantitative estimate of drug-likeness (QED) is 0.782. The zero-order valence-electron chi connectivity index (χ0n) is 11.2. The lowest BCUT2D eigenvalue weighted by Crippen LogP contribution is -2.47. The van der Waals surface area contributed by atoms with Crippen molar-refractivity contribution in [1.29, 1.82) is 0 Å². The summed E-state index contributed by atoms with van der Waals surface area (Å²) >= 11 is 5.91. The van der Waals surface area contributed by atoms with Gasteiger partial charge in [-0.1, -0.05) is 0 Å². The number of anilines is 2. The molecule has 1 fully saturated rings. The minimum atomic E-state index is 0.300. The van der Waals surface area contributed by atoms with Gasteiger partial charge in [0.25, 0.3) is 0 Å². The average Bonchev–Trinajstić information content (AvgIpc) is 2.47. The van der Waals surface area contributed by atoms with E-state index < -0.39 is 0 Å². The number of aryl methyl sites for hydroxylation is 1. The van der Waals surface area contributed by atoms with Gasteiger partial charge >= 0.3 is 0 Å². The van der Waals surface area contributed by atoms with Gasteiger partial charge in [0.2, 0.25) is 11.2 Å². The van der Waals surface area contributed by atoms with E-state index in [0.29, 0.717) is 5.28 Å². The van der Waals surface area contributed by atoms with Crippen molar-refractivity contribution < 1.29 is 0 Å². The van der Waals surface area contributed by atoms with Crippen LogP contribution in [-0.4, -0.2) is 46.1 Å². The molecular formula is C13H15ClN6. The maximum Gasteiger partial charge on any atom is 0.225 e. The van der Waals surface area contributed by atoms with Crippen LogP contribution >= 0.6 is 11.6 Å². The van der Waals surface area contributed by atoms with E-state index in [2.05, 4.69) is 29.7 Å². The van der Waals surface area contributed by atoms with Crippen LogP contribution in [-0.2, 0) is 0 Å². The first-order valence-corrected chi connectivity index (χ1v) is 6.88. The molecule has 20 heavy (non-hydrogen) atoms. The van der Waals surface area contributed by atoms with Gasteiger partial charge in [0.05, 0.1) is 0 Å². The summed E-state index contributed by atoms with van der Waals surface area (Å²) < 4.78 is 0. The minimum Gasteiger partial charge on any atom is -0.353 e. The lowest BCUT2D eigenvalue weighted by molar-refractivity contribution is 0.633. The normalized spacial score (nSPS) is 15.5. The molecule has 2 aromatic heterocycles. The second-order valence-electron chi connectivity index (χ2n) is 4.66. The number of aromatic nitrogens is 4. The first kappa shape index (κ1) is 13.1. The zero-order valence-corrected chi connectivity index (χ0v) is 12.0. The maximum absolute atomic E-state index is 5.91. The highest BCUT2D eigenvalue weighted by molar-refractivity contribution is 6.28. The molecule has 0 saturated carbocycles.